The summed E-state index contributed by atoms with van der Waals surface area (Å²) in [6.45, 7) is -0.415. The minimum Gasteiger partial charge on any atom is -0.461 e. The number of hydrogen-bond donors (Lipinski definition) is 1. The molecule has 0 aliphatic heterocycles. The summed E-state index contributed by atoms with van der Waals surface area (Å²) in [5.74, 6) is -17.0. The van der Waals surface area contributed by atoms with Crippen LogP contribution in [0.4, 0.5) is 26.7 Å². The first-order valence-electron chi connectivity index (χ1n) is 13.2. The predicted octanol–water partition coefficient (Wildman–Crippen LogP) is 6.33. The van der Waals surface area contributed by atoms with Crippen molar-refractivity contribution in [3.63, 3.8) is 0 Å². The Kier molecular flexibility index (Phi) is 8.88. The topological polar surface area (TPSA) is 90.9 Å². The van der Waals surface area contributed by atoms with Crippen molar-refractivity contribution in [1.82, 2.24) is 5.32 Å². The Morgan fingerprint density at radius 3 is 1.80 bits per heavy atom. The Hall–Kier alpha value is -5.26. The summed E-state index contributed by atoms with van der Waals surface area (Å²) in [7, 11) is 0. The maximum Gasteiger partial charge on any atom is 0.407 e. The summed E-state index contributed by atoms with van der Waals surface area (Å²) >= 11 is 0. The molecule has 0 unspecified atom stereocenters. The van der Waals surface area contributed by atoms with Crippen LogP contribution in [0.5, 0.6) is 5.75 Å². The van der Waals surface area contributed by atoms with Gasteiger partial charge >= 0.3 is 18.0 Å². The number of ether oxygens (including phenoxy) is 3. The number of hydrogen-bond acceptors (Lipinski definition) is 6. The lowest BCUT2D eigenvalue weighted by atomic mass is 9.98. The van der Waals surface area contributed by atoms with E-state index in [2.05, 4.69) is 10.1 Å². The van der Waals surface area contributed by atoms with Crippen LogP contribution in [0.2, 0.25) is 0 Å². The molecule has 0 aromatic heterocycles. The molecule has 0 bridgehead atoms. The second kappa shape index (κ2) is 12.9. The molecule has 1 aliphatic rings. The van der Waals surface area contributed by atoms with Crippen LogP contribution in [0, 0.1) is 29.1 Å². The number of alkyl carbamates (subject to hydrolysis) is 1. The normalized spacial score (nSPS) is 12.6. The molecule has 0 heterocycles. The van der Waals surface area contributed by atoms with E-state index in [0.29, 0.717) is 5.56 Å². The highest BCUT2D eigenvalue weighted by molar-refractivity contribution is 5.87. The molecule has 4 aromatic carbocycles. The molecule has 0 fully saturated rings. The first-order valence-corrected chi connectivity index (χ1v) is 13.2. The van der Waals surface area contributed by atoms with Crippen LogP contribution in [0.1, 0.15) is 29.0 Å². The van der Waals surface area contributed by atoms with Crippen molar-refractivity contribution in [3.05, 3.63) is 125 Å². The third-order valence-electron chi connectivity index (χ3n) is 6.91. The van der Waals surface area contributed by atoms with E-state index in [1.807, 2.05) is 48.5 Å². The van der Waals surface area contributed by atoms with Gasteiger partial charge in [-0.3, -0.25) is 4.79 Å². The average Bonchev–Trinajstić information content (AvgIpc) is 3.36. The maximum absolute atomic E-state index is 14.2. The number of benzene rings is 4. The van der Waals surface area contributed by atoms with Crippen LogP contribution in [-0.4, -0.2) is 30.7 Å². The predicted molar refractivity (Wildman–Crippen MR) is 145 cm³/mol. The molecule has 0 spiro atoms. The van der Waals surface area contributed by atoms with E-state index in [-0.39, 0.29) is 19.1 Å². The number of nitrogens with one attached hydrogen (secondary N) is 1. The summed E-state index contributed by atoms with van der Waals surface area (Å²) < 4.78 is 84.1. The molecule has 12 heteroatoms. The molecule has 7 nitrogen and oxygen atoms in total. The van der Waals surface area contributed by atoms with Crippen LogP contribution in [0.25, 0.3) is 11.1 Å². The molecule has 1 N–H and O–H groups in total. The number of rotatable bonds is 9. The number of amides is 1. The van der Waals surface area contributed by atoms with Crippen LogP contribution in [0.3, 0.4) is 0 Å². The van der Waals surface area contributed by atoms with E-state index < -0.39 is 65.3 Å². The number of halogens is 5. The SMILES string of the molecule is O=C(C[C@H](NC(=O)OCC1c2ccccc2-c2ccccc21)C(=O)Oc1c(F)c(F)c(F)c(F)c1F)OCc1ccccc1. The average molecular weight is 612 g/mol. The van der Waals surface area contributed by atoms with Crippen molar-refractivity contribution in [3.8, 4) is 16.9 Å². The van der Waals surface area contributed by atoms with Gasteiger partial charge < -0.3 is 19.5 Å². The Morgan fingerprint density at radius 2 is 1.20 bits per heavy atom. The van der Waals surface area contributed by atoms with Gasteiger partial charge in [-0.2, -0.15) is 8.78 Å². The molecular weight excluding hydrogens is 589 g/mol. The number of carbonyl (C=O) groups excluding carboxylic acids is 3. The quantitative estimate of drug-likeness (QED) is 0.0783. The maximum atomic E-state index is 14.2. The molecular formula is C32H22F5NO6. The van der Waals surface area contributed by atoms with Gasteiger partial charge in [-0.15, -0.1) is 0 Å². The van der Waals surface area contributed by atoms with Crippen LogP contribution in [-0.2, 0) is 25.7 Å². The molecule has 0 saturated carbocycles. The van der Waals surface area contributed by atoms with Gasteiger partial charge in [0.2, 0.25) is 34.8 Å². The van der Waals surface area contributed by atoms with Gasteiger partial charge in [0.15, 0.2) is 0 Å². The van der Waals surface area contributed by atoms with Gasteiger partial charge in [0.05, 0.1) is 6.42 Å². The largest absolute Gasteiger partial charge is 0.461 e. The highest BCUT2D eigenvalue weighted by Gasteiger charge is 2.34. The second-order valence-electron chi connectivity index (χ2n) is 9.69. The molecule has 1 aliphatic carbocycles. The Labute approximate surface area is 247 Å². The molecule has 44 heavy (non-hydrogen) atoms. The molecule has 226 valence electrons. The number of carbonyl (C=O) groups is 3. The Balaban J connectivity index is 1.32. The fourth-order valence-electron chi connectivity index (χ4n) is 4.79. The molecule has 1 atom stereocenters. The smallest absolute Gasteiger partial charge is 0.407 e. The minimum atomic E-state index is -2.46. The van der Waals surface area contributed by atoms with Crippen LogP contribution in [0.15, 0.2) is 78.9 Å². The minimum absolute atomic E-state index is 0.197. The lowest BCUT2D eigenvalue weighted by Gasteiger charge is -2.19. The summed E-state index contributed by atoms with van der Waals surface area (Å²) in [6.07, 6.45) is -2.15. The van der Waals surface area contributed by atoms with Gasteiger partial charge in [0, 0.05) is 5.92 Å². The molecule has 5 rings (SSSR count). The van der Waals surface area contributed by atoms with Gasteiger partial charge in [-0.25, -0.2) is 22.8 Å². The zero-order valence-corrected chi connectivity index (χ0v) is 22.6. The summed E-state index contributed by atoms with van der Waals surface area (Å²) in [5, 5.41) is 2.07. The lowest BCUT2D eigenvalue weighted by Crippen LogP contribution is -2.45. The highest BCUT2D eigenvalue weighted by Crippen LogP contribution is 2.44. The van der Waals surface area contributed by atoms with Crippen molar-refractivity contribution in [2.24, 2.45) is 0 Å². The molecule has 0 saturated heterocycles. The van der Waals surface area contributed by atoms with Crippen molar-refractivity contribution in [2.45, 2.75) is 25.0 Å². The fourth-order valence-corrected chi connectivity index (χ4v) is 4.79. The third kappa shape index (κ3) is 6.24. The van der Waals surface area contributed by atoms with Gasteiger partial charge in [0.1, 0.15) is 19.3 Å². The van der Waals surface area contributed by atoms with E-state index in [1.165, 1.54) is 0 Å². The van der Waals surface area contributed by atoms with Crippen LogP contribution >= 0.6 is 0 Å². The van der Waals surface area contributed by atoms with E-state index in [4.69, 9.17) is 9.47 Å². The van der Waals surface area contributed by atoms with Crippen molar-refractivity contribution >= 4 is 18.0 Å². The first-order chi connectivity index (χ1) is 21.2. The van der Waals surface area contributed by atoms with Gasteiger partial charge in [-0.1, -0.05) is 78.9 Å². The molecule has 4 aromatic rings. The van der Waals surface area contributed by atoms with Gasteiger partial charge in [-0.05, 0) is 27.8 Å². The lowest BCUT2D eigenvalue weighted by molar-refractivity contribution is -0.149. The zero-order chi connectivity index (χ0) is 31.4. The zero-order valence-electron chi connectivity index (χ0n) is 22.6. The summed E-state index contributed by atoms with van der Waals surface area (Å²) in [4.78, 5) is 38.3. The number of fused-ring (bicyclic) bond motifs is 3. The number of esters is 2. The van der Waals surface area contributed by atoms with E-state index >= 15 is 0 Å². The van der Waals surface area contributed by atoms with E-state index in [1.54, 1.807) is 30.3 Å². The fraction of sp³-hybridized carbons (Fsp3) is 0.156. The summed E-state index contributed by atoms with van der Waals surface area (Å²) in [6, 6.07) is 21.4. The standard InChI is InChI=1S/C32H22F5NO6/c33-25-26(34)28(36)30(29(37)27(25)35)44-31(40)23(14-24(39)42-15-17-8-2-1-3-9-17)38-32(41)43-16-22-20-12-6-4-10-18(20)19-11-5-7-13-21(19)22/h1-13,22-23H,14-16H2,(H,38,41)/t23-/m0/s1. The highest BCUT2D eigenvalue weighted by atomic mass is 19.2. The molecule has 1 amide bonds. The monoisotopic (exact) mass is 611 g/mol. The van der Waals surface area contributed by atoms with E-state index in [0.717, 1.165) is 22.3 Å². The Morgan fingerprint density at radius 1 is 0.682 bits per heavy atom. The van der Waals surface area contributed by atoms with Gasteiger partial charge in [0.25, 0.3) is 0 Å². The van der Waals surface area contributed by atoms with Crippen molar-refractivity contribution in [1.29, 1.82) is 0 Å². The molecule has 0 radical (unpaired) electrons. The second-order valence-corrected chi connectivity index (χ2v) is 9.69. The first kappa shape index (κ1) is 30.2. The third-order valence-corrected chi connectivity index (χ3v) is 6.91. The summed E-state index contributed by atoms with van der Waals surface area (Å²) in [5.41, 5.74) is 4.25. The van der Waals surface area contributed by atoms with Crippen molar-refractivity contribution in [2.75, 3.05) is 6.61 Å². The van der Waals surface area contributed by atoms with E-state index in [9.17, 15) is 36.3 Å². The Bertz CT molecular complexity index is 1660. The van der Waals surface area contributed by atoms with Crippen LogP contribution < -0.4 is 10.1 Å². The van der Waals surface area contributed by atoms with Crippen molar-refractivity contribution < 1.29 is 50.5 Å².